The molecule has 0 fully saturated rings. The summed E-state index contributed by atoms with van der Waals surface area (Å²) in [6.45, 7) is 1.73. The quantitative estimate of drug-likeness (QED) is 0.887. The van der Waals surface area contributed by atoms with Crippen molar-refractivity contribution in [2.75, 3.05) is 18.1 Å². The average molecular weight is 321 g/mol. The lowest BCUT2D eigenvalue weighted by Crippen LogP contribution is -2.10. The number of sulfonamides is 1. The average Bonchev–Trinajstić information content (AvgIpc) is 2.47. The Morgan fingerprint density at radius 3 is 2.45 bits per heavy atom. The zero-order chi connectivity index (χ0) is 16.3. The van der Waals surface area contributed by atoms with Crippen LogP contribution in [0, 0.1) is 6.92 Å². The van der Waals surface area contributed by atoms with Gasteiger partial charge in [0.1, 0.15) is 5.75 Å². The first kappa shape index (κ1) is 16.3. The molecular formula is C16H19NO4S. The molecule has 22 heavy (non-hydrogen) atoms. The van der Waals surface area contributed by atoms with Gasteiger partial charge in [0.15, 0.2) is 0 Å². The molecule has 0 bridgehead atoms. The van der Waals surface area contributed by atoms with Crippen LogP contribution >= 0.6 is 0 Å². The summed E-state index contributed by atoms with van der Waals surface area (Å²) in [7, 11) is -1.73. The molecule has 0 atom stereocenters. The molecule has 0 aromatic heterocycles. The fourth-order valence-corrected chi connectivity index (χ4v) is 2.88. The van der Waals surface area contributed by atoms with E-state index in [2.05, 4.69) is 4.72 Å². The third-order valence-corrected chi connectivity index (χ3v) is 3.91. The van der Waals surface area contributed by atoms with Crippen LogP contribution in [0.4, 0.5) is 5.69 Å². The van der Waals surface area contributed by atoms with E-state index in [4.69, 9.17) is 4.74 Å². The molecule has 2 N–H and O–H groups in total. The topological polar surface area (TPSA) is 75.6 Å². The van der Waals surface area contributed by atoms with Gasteiger partial charge in [0.05, 0.1) is 25.7 Å². The predicted octanol–water partition coefficient (Wildman–Crippen LogP) is 2.53. The SMILES string of the molecule is COc1ccc(-c2ccc(NS(C)(=O)=O)c(C)c2)c(CO)c1. The summed E-state index contributed by atoms with van der Waals surface area (Å²) in [5.41, 5.74) is 3.90. The van der Waals surface area contributed by atoms with Gasteiger partial charge in [0.25, 0.3) is 0 Å². The van der Waals surface area contributed by atoms with E-state index in [0.29, 0.717) is 11.4 Å². The number of aliphatic hydroxyl groups excluding tert-OH is 1. The molecule has 0 amide bonds. The third kappa shape index (κ3) is 3.78. The standard InChI is InChI=1S/C16H19NO4S/c1-11-8-12(4-7-16(11)17-22(3,19)20)15-6-5-14(21-2)9-13(15)10-18/h4-9,17-18H,10H2,1-3H3. The molecule has 0 saturated carbocycles. The first-order chi connectivity index (χ1) is 10.3. The molecule has 2 aromatic carbocycles. The smallest absolute Gasteiger partial charge is 0.229 e. The monoisotopic (exact) mass is 321 g/mol. The van der Waals surface area contributed by atoms with Crippen molar-refractivity contribution in [2.45, 2.75) is 13.5 Å². The van der Waals surface area contributed by atoms with Crippen LogP contribution in [-0.4, -0.2) is 26.9 Å². The van der Waals surface area contributed by atoms with Crippen LogP contribution in [0.15, 0.2) is 36.4 Å². The highest BCUT2D eigenvalue weighted by atomic mass is 32.2. The van der Waals surface area contributed by atoms with E-state index in [1.54, 1.807) is 19.2 Å². The minimum atomic E-state index is -3.31. The number of ether oxygens (including phenoxy) is 1. The molecule has 0 aliphatic rings. The molecule has 0 aliphatic heterocycles. The summed E-state index contributed by atoms with van der Waals surface area (Å²) in [4.78, 5) is 0. The van der Waals surface area contributed by atoms with Crippen molar-refractivity contribution in [3.8, 4) is 16.9 Å². The molecule has 2 rings (SSSR count). The molecule has 2 aromatic rings. The Morgan fingerprint density at radius 2 is 1.91 bits per heavy atom. The summed E-state index contributed by atoms with van der Waals surface area (Å²) in [5, 5.41) is 9.53. The highest BCUT2D eigenvalue weighted by Gasteiger charge is 2.10. The van der Waals surface area contributed by atoms with E-state index in [1.165, 1.54) is 0 Å². The number of rotatable bonds is 5. The van der Waals surface area contributed by atoms with Gasteiger partial charge in [0, 0.05) is 0 Å². The molecule has 118 valence electrons. The van der Waals surface area contributed by atoms with Gasteiger partial charge in [0.2, 0.25) is 10.0 Å². The molecule has 0 radical (unpaired) electrons. The maximum Gasteiger partial charge on any atom is 0.229 e. The third-order valence-electron chi connectivity index (χ3n) is 3.32. The largest absolute Gasteiger partial charge is 0.497 e. The number of hydrogen-bond acceptors (Lipinski definition) is 4. The second kappa shape index (κ2) is 6.37. The molecule has 0 saturated heterocycles. The van der Waals surface area contributed by atoms with Gasteiger partial charge in [-0.2, -0.15) is 0 Å². The molecule has 0 unspecified atom stereocenters. The van der Waals surface area contributed by atoms with Crippen LogP contribution in [0.3, 0.4) is 0 Å². The fraction of sp³-hybridized carbons (Fsp3) is 0.250. The molecule has 6 heteroatoms. The van der Waals surface area contributed by atoms with Crippen molar-refractivity contribution >= 4 is 15.7 Å². The van der Waals surface area contributed by atoms with E-state index < -0.39 is 10.0 Å². The summed E-state index contributed by atoms with van der Waals surface area (Å²) in [6.07, 6.45) is 1.12. The van der Waals surface area contributed by atoms with Crippen LogP contribution < -0.4 is 9.46 Å². The number of hydrogen-bond donors (Lipinski definition) is 2. The predicted molar refractivity (Wildman–Crippen MR) is 87.6 cm³/mol. The van der Waals surface area contributed by atoms with E-state index in [9.17, 15) is 13.5 Å². The van der Waals surface area contributed by atoms with Gasteiger partial charge in [-0.05, 0) is 53.4 Å². The van der Waals surface area contributed by atoms with Gasteiger partial charge in [-0.15, -0.1) is 0 Å². The zero-order valence-electron chi connectivity index (χ0n) is 12.8. The molecule has 5 nitrogen and oxygen atoms in total. The summed E-state index contributed by atoms with van der Waals surface area (Å²) in [6, 6.07) is 10.9. The van der Waals surface area contributed by atoms with Crippen molar-refractivity contribution in [3.63, 3.8) is 0 Å². The number of anilines is 1. The van der Waals surface area contributed by atoms with E-state index in [1.807, 2.05) is 31.2 Å². The second-order valence-corrected chi connectivity index (χ2v) is 6.83. The Kier molecular flexibility index (Phi) is 4.73. The lowest BCUT2D eigenvalue weighted by atomic mass is 9.98. The van der Waals surface area contributed by atoms with Crippen molar-refractivity contribution in [2.24, 2.45) is 0 Å². The van der Waals surface area contributed by atoms with Crippen molar-refractivity contribution in [1.29, 1.82) is 0 Å². The first-order valence-electron chi connectivity index (χ1n) is 6.70. The van der Waals surface area contributed by atoms with E-state index >= 15 is 0 Å². The molecule has 0 aliphatic carbocycles. The maximum atomic E-state index is 11.3. The van der Waals surface area contributed by atoms with E-state index in [0.717, 1.165) is 28.5 Å². The summed E-state index contributed by atoms with van der Waals surface area (Å²) >= 11 is 0. The number of nitrogens with one attached hydrogen (secondary N) is 1. The lowest BCUT2D eigenvalue weighted by molar-refractivity contribution is 0.281. The molecule has 0 heterocycles. The maximum absolute atomic E-state index is 11.3. The van der Waals surface area contributed by atoms with Gasteiger partial charge in [-0.3, -0.25) is 4.72 Å². The van der Waals surface area contributed by atoms with Crippen molar-refractivity contribution < 1.29 is 18.3 Å². The van der Waals surface area contributed by atoms with Crippen molar-refractivity contribution in [1.82, 2.24) is 0 Å². The second-order valence-electron chi connectivity index (χ2n) is 5.09. The Morgan fingerprint density at radius 1 is 1.18 bits per heavy atom. The zero-order valence-corrected chi connectivity index (χ0v) is 13.6. The minimum Gasteiger partial charge on any atom is -0.497 e. The van der Waals surface area contributed by atoms with Crippen LogP contribution in [0.2, 0.25) is 0 Å². The molecular weight excluding hydrogens is 302 g/mol. The Labute approximate surface area is 130 Å². The van der Waals surface area contributed by atoms with Gasteiger partial charge in [-0.1, -0.05) is 12.1 Å². The Bertz CT molecular complexity index is 785. The minimum absolute atomic E-state index is 0.102. The Balaban J connectivity index is 2.44. The highest BCUT2D eigenvalue weighted by molar-refractivity contribution is 7.92. The van der Waals surface area contributed by atoms with Crippen LogP contribution in [0.25, 0.3) is 11.1 Å². The van der Waals surface area contributed by atoms with E-state index in [-0.39, 0.29) is 6.61 Å². The lowest BCUT2D eigenvalue weighted by Gasteiger charge is -2.13. The highest BCUT2D eigenvalue weighted by Crippen LogP contribution is 2.30. The number of aryl methyl sites for hydroxylation is 1. The van der Waals surface area contributed by atoms with Gasteiger partial charge in [-0.25, -0.2) is 8.42 Å². The van der Waals surface area contributed by atoms with Gasteiger partial charge < -0.3 is 9.84 Å². The summed E-state index contributed by atoms with van der Waals surface area (Å²) < 4.78 is 30.3. The van der Waals surface area contributed by atoms with Crippen LogP contribution in [-0.2, 0) is 16.6 Å². The number of methoxy groups -OCH3 is 1. The van der Waals surface area contributed by atoms with Crippen molar-refractivity contribution in [3.05, 3.63) is 47.5 Å². The first-order valence-corrected chi connectivity index (χ1v) is 8.60. The summed E-state index contributed by atoms with van der Waals surface area (Å²) in [5.74, 6) is 0.680. The Hall–Kier alpha value is -2.05. The number of aliphatic hydroxyl groups is 1. The fourth-order valence-electron chi connectivity index (χ4n) is 2.25. The molecule has 0 spiro atoms. The number of benzene rings is 2. The van der Waals surface area contributed by atoms with Crippen LogP contribution in [0.1, 0.15) is 11.1 Å². The normalized spacial score (nSPS) is 11.3. The van der Waals surface area contributed by atoms with Crippen LogP contribution in [0.5, 0.6) is 5.75 Å². The van der Waals surface area contributed by atoms with Gasteiger partial charge >= 0.3 is 0 Å².